The summed E-state index contributed by atoms with van der Waals surface area (Å²) in [4.78, 5) is 0. The van der Waals surface area contributed by atoms with Crippen LogP contribution in [0, 0.1) is 11.6 Å². The maximum atomic E-state index is 13.3. The maximum Gasteiger partial charge on any atom is 0.183 e. The van der Waals surface area contributed by atoms with Gasteiger partial charge in [-0.15, -0.1) is 0 Å². The third kappa shape index (κ3) is 2.87. The number of rotatable bonds is 3. The van der Waals surface area contributed by atoms with Crippen LogP contribution in [0.15, 0.2) is 37.8 Å². The molecule has 0 spiro atoms. The summed E-state index contributed by atoms with van der Waals surface area (Å²) < 4.78 is 32.9. The van der Waals surface area contributed by atoms with Gasteiger partial charge in [-0.3, -0.25) is 0 Å². The van der Waals surface area contributed by atoms with Gasteiger partial charge >= 0.3 is 0 Å². The van der Waals surface area contributed by atoms with E-state index in [-0.39, 0.29) is 12.2 Å². The van der Waals surface area contributed by atoms with Gasteiger partial charge in [0, 0.05) is 0 Å². The van der Waals surface area contributed by atoms with E-state index < -0.39 is 11.6 Å². The average molecular weight is 367 g/mol. The second-order valence-electron chi connectivity index (χ2n) is 3.29. The van der Waals surface area contributed by atoms with Crippen LogP contribution < -0.4 is 5.32 Å². The summed E-state index contributed by atoms with van der Waals surface area (Å²) in [7, 11) is 0. The molecule has 17 heavy (non-hydrogen) atoms. The van der Waals surface area contributed by atoms with E-state index in [1.54, 1.807) is 6.07 Å². The van der Waals surface area contributed by atoms with Crippen LogP contribution in [-0.2, 0) is 6.54 Å². The quantitative estimate of drug-likeness (QED) is 0.852. The van der Waals surface area contributed by atoms with Gasteiger partial charge in [-0.05, 0) is 50.1 Å². The van der Waals surface area contributed by atoms with Crippen molar-refractivity contribution < 1.29 is 13.2 Å². The number of benzene rings is 1. The number of halogens is 4. The Morgan fingerprint density at radius 2 is 2.00 bits per heavy atom. The molecule has 0 fully saturated rings. The fourth-order valence-electron chi connectivity index (χ4n) is 1.30. The Morgan fingerprint density at radius 1 is 1.24 bits per heavy atom. The van der Waals surface area contributed by atoms with Crippen LogP contribution in [0.5, 0.6) is 0 Å². The fourth-order valence-corrected chi connectivity index (χ4v) is 1.96. The normalized spacial score (nSPS) is 10.6. The van der Waals surface area contributed by atoms with Gasteiger partial charge in [0.1, 0.15) is 5.76 Å². The molecule has 6 heteroatoms. The standard InChI is InChI=1S/C11H7Br2F2NO/c12-7-4-6(17-11(7)13)5-16-9-3-1-2-8(14)10(9)15/h1-4,16H,5H2. The molecule has 2 rings (SSSR count). The summed E-state index contributed by atoms with van der Waals surface area (Å²) in [6, 6.07) is 5.72. The van der Waals surface area contributed by atoms with E-state index in [2.05, 4.69) is 37.2 Å². The van der Waals surface area contributed by atoms with Crippen molar-refractivity contribution in [3.63, 3.8) is 0 Å². The first kappa shape index (κ1) is 12.6. The topological polar surface area (TPSA) is 25.2 Å². The van der Waals surface area contributed by atoms with E-state index >= 15 is 0 Å². The second kappa shape index (κ2) is 5.18. The summed E-state index contributed by atoms with van der Waals surface area (Å²) >= 11 is 6.46. The van der Waals surface area contributed by atoms with Crippen molar-refractivity contribution in [2.45, 2.75) is 6.54 Å². The number of anilines is 1. The molecule has 0 atom stereocenters. The van der Waals surface area contributed by atoms with Crippen LogP contribution in [-0.4, -0.2) is 0 Å². The molecule has 0 aliphatic carbocycles. The van der Waals surface area contributed by atoms with Crippen LogP contribution >= 0.6 is 31.9 Å². The molecule has 1 heterocycles. The van der Waals surface area contributed by atoms with Crippen LogP contribution in [0.25, 0.3) is 0 Å². The molecule has 1 aromatic carbocycles. The third-order valence-electron chi connectivity index (χ3n) is 2.10. The van der Waals surface area contributed by atoms with E-state index in [4.69, 9.17) is 4.42 Å². The molecule has 1 N–H and O–H groups in total. The average Bonchev–Trinajstić information content (AvgIpc) is 2.61. The molecular formula is C11H7Br2F2NO. The van der Waals surface area contributed by atoms with Crippen molar-refractivity contribution in [2.24, 2.45) is 0 Å². The predicted molar refractivity (Wildman–Crippen MR) is 67.8 cm³/mol. The van der Waals surface area contributed by atoms with Crippen LogP contribution in [0.1, 0.15) is 5.76 Å². The highest BCUT2D eigenvalue weighted by atomic mass is 79.9. The lowest BCUT2D eigenvalue weighted by atomic mass is 10.3. The molecular weight excluding hydrogens is 360 g/mol. The van der Waals surface area contributed by atoms with Crippen LogP contribution in [0.4, 0.5) is 14.5 Å². The van der Waals surface area contributed by atoms with Crippen molar-refractivity contribution in [3.8, 4) is 0 Å². The van der Waals surface area contributed by atoms with Gasteiger partial charge in [-0.2, -0.15) is 0 Å². The molecule has 0 amide bonds. The lowest BCUT2D eigenvalue weighted by Crippen LogP contribution is -2.01. The van der Waals surface area contributed by atoms with Gasteiger partial charge in [0.2, 0.25) is 0 Å². The Labute approximate surface area is 113 Å². The smallest absolute Gasteiger partial charge is 0.183 e. The zero-order valence-corrected chi connectivity index (χ0v) is 11.6. The Hall–Kier alpha value is -0.880. The molecule has 0 unspecified atom stereocenters. The minimum absolute atomic E-state index is 0.105. The summed E-state index contributed by atoms with van der Waals surface area (Å²) in [5, 5.41) is 2.76. The molecule has 0 bridgehead atoms. The molecule has 1 aromatic heterocycles. The number of nitrogens with one attached hydrogen (secondary N) is 1. The van der Waals surface area contributed by atoms with Crippen molar-refractivity contribution in [1.29, 1.82) is 0 Å². The third-order valence-corrected chi connectivity index (χ3v) is 3.81. The minimum Gasteiger partial charge on any atom is -0.451 e. The van der Waals surface area contributed by atoms with Crippen LogP contribution in [0.2, 0.25) is 0 Å². The number of furan rings is 1. The van der Waals surface area contributed by atoms with E-state index in [1.807, 2.05) is 0 Å². The van der Waals surface area contributed by atoms with Gasteiger partial charge in [0.25, 0.3) is 0 Å². The Morgan fingerprint density at radius 3 is 2.65 bits per heavy atom. The maximum absolute atomic E-state index is 13.3. The van der Waals surface area contributed by atoms with Gasteiger partial charge in [-0.1, -0.05) is 6.07 Å². The summed E-state index contributed by atoms with van der Waals surface area (Å²) in [6.07, 6.45) is 0. The highest BCUT2D eigenvalue weighted by Gasteiger charge is 2.09. The van der Waals surface area contributed by atoms with Crippen LogP contribution in [0.3, 0.4) is 0 Å². The van der Waals surface area contributed by atoms with Gasteiger partial charge in [-0.25, -0.2) is 8.78 Å². The van der Waals surface area contributed by atoms with Crippen molar-refractivity contribution in [3.05, 3.63) is 50.8 Å². The molecule has 2 aromatic rings. The monoisotopic (exact) mass is 365 g/mol. The molecule has 90 valence electrons. The molecule has 0 aliphatic rings. The fraction of sp³-hybridized carbons (Fsp3) is 0.0909. The summed E-state index contributed by atoms with van der Waals surface area (Å²) in [5.41, 5.74) is 0.105. The van der Waals surface area contributed by atoms with E-state index in [9.17, 15) is 8.78 Å². The van der Waals surface area contributed by atoms with Gasteiger partial charge in [0.05, 0.1) is 16.7 Å². The lowest BCUT2D eigenvalue weighted by Gasteiger charge is -2.05. The SMILES string of the molecule is Fc1cccc(NCc2cc(Br)c(Br)o2)c1F. The zero-order chi connectivity index (χ0) is 12.4. The van der Waals surface area contributed by atoms with Crippen molar-refractivity contribution in [2.75, 3.05) is 5.32 Å². The first-order valence-electron chi connectivity index (χ1n) is 4.69. The summed E-state index contributed by atoms with van der Waals surface area (Å²) in [5.74, 6) is -1.17. The van der Waals surface area contributed by atoms with E-state index in [1.165, 1.54) is 12.1 Å². The highest BCUT2D eigenvalue weighted by molar-refractivity contribution is 9.13. The molecule has 0 radical (unpaired) electrons. The lowest BCUT2D eigenvalue weighted by molar-refractivity contribution is 0.491. The van der Waals surface area contributed by atoms with Crippen molar-refractivity contribution in [1.82, 2.24) is 0 Å². The first-order chi connectivity index (χ1) is 8.08. The first-order valence-corrected chi connectivity index (χ1v) is 6.28. The Kier molecular flexibility index (Phi) is 3.83. The predicted octanol–water partition coefficient (Wildman–Crippen LogP) is 4.69. The van der Waals surface area contributed by atoms with Gasteiger partial charge in [0.15, 0.2) is 16.3 Å². The van der Waals surface area contributed by atoms with E-state index in [0.29, 0.717) is 10.4 Å². The largest absolute Gasteiger partial charge is 0.451 e. The molecule has 0 aliphatic heterocycles. The molecule has 2 nitrogen and oxygen atoms in total. The zero-order valence-electron chi connectivity index (χ0n) is 8.44. The van der Waals surface area contributed by atoms with E-state index in [0.717, 1.165) is 10.5 Å². The highest BCUT2D eigenvalue weighted by Crippen LogP contribution is 2.27. The molecule has 0 saturated heterocycles. The Balaban J connectivity index is 2.10. The number of hydrogen-bond donors (Lipinski definition) is 1. The van der Waals surface area contributed by atoms with Crippen molar-refractivity contribution >= 4 is 37.5 Å². The van der Waals surface area contributed by atoms with Gasteiger partial charge < -0.3 is 9.73 Å². The Bertz CT molecular complexity index is 523. The molecule has 0 saturated carbocycles. The minimum atomic E-state index is -0.891. The summed E-state index contributed by atoms with van der Waals surface area (Å²) in [6.45, 7) is 0.268. The number of hydrogen-bond acceptors (Lipinski definition) is 2. The second-order valence-corrected chi connectivity index (χ2v) is 4.86.